The van der Waals surface area contributed by atoms with Crippen LogP contribution in [-0.2, 0) is 0 Å². The Morgan fingerprint density at radius 3 is 2.85 bits per heavy atom. The molecule has 3 heteroatoms. The Morgan fingerprint density at radius 1 is 1.46 bits per heavy atom. The van der Waals surface area contributed by atoms with Crippen LogP contribution < -0.4 is 5.73 Å². The zero-order chi connectivity index (χ0) is 9.10. The monoisotopic (exact) mass is 177 g/mol. The smallest absolute Gasteiger partial charge is 0.0543 e. The van der Waals surface area contributed by atoms with E-state index in [0.717, 1.165) is 17.9 Å². The van der Waals surface area contributed by atoms with Crippen molar-refractivity contribution in [3.63, 3.8) is 0 Å². The summed E-state index contributed by atoms with van der Waals surface area (Å²) in [5.41, 5.74) is 7.15. The van der Waals surface area contributed by atoms with Crippen LogP contribution >= 0.6 is 0 Å². The molecule has 1 aliphatic rings. The molecule has 13 heavy (non-hydrogen) atoms. The molecule has 0 bridgehead atoms. The van der Waals surface area contributed by atoms with Gasteiger partial charge < -0.3 is 5.73 Å². The van der Waals surface area contributed by atoms with Crippen LogP contribution in [0.3, 0.4) is 0 Å². The van der Waals surface area contributed by atoms with Gasteiger partial charge in [0.15, 0.2) is 0 Å². The van der Waals surface area contributed by atoms with Crippen LogP contribution in [-0.4, -0.2) is 10.2 Å². The van der Waals surface area contributed by atoms with Crippen molar-refractivity contribution in [2.75, 3.05) is 0 Å². The van der Waals surface area contributed by atoms with E-state index in [1.807, 2.05) is 6.07 Å². The molecule has 1 aromatic rings. The van der Waals surface area contributed by atoms with Crippen molar-refractivity contribution in [3.05, 3.63) is 24.0 Å². The van der Waals surface area contributed by atoms with Crippen molar-refractivity contribution in [1.29, 1.82) is 0 Å². The number of hydrogen-bond donors (Lipinski definition) is 1. The molecule has 1 atom stereocenters. The van der Waals surface area contributed by atoms with Crippen LogP contribution in [0.2, 0.25) is 0 Å². The maximum absolute atomic E-state index is 6.04. The standard InChI is InChI=1S/C10H15N3/c11-10(6-8-2-1-3-8)9-4-5-12-13-7-9/h4-5,7-8,10H,1-3,6,11H2. The molecule has 3 nitrogen and oxygen atoms in total. The van der Waals surface area contributed by atoms with Gasteiger partial charge in [-0.05, 0) is 24.0 Å². The summed E-state index contributed by atoms with van der Waals surface area (Å²) < 4.78 is 0. The molecule has 1 saturated carbocycles. The van der Waals surface area contributed by atoms with Gasteiger partial charge in [-0.1, -0.05) is 19.3 Å². The quantitative estimate of drug-likeness (QED) is 0.764. The largest absolute Gasteiger partial charge is 0.324 e. The first kappa shape index (κ1) is 8.63. The Kier molecular flexibility index (Phi) is 2.54. The topological polar surface area (TPSA) is 51.8 Å². The number of hydrogen-bond acceptors (Lipinski definition) is 3. The third-order valence-electron chi connectivity index (χ3n) is 2.85. The predicted molar refractivity (Wildman–Crippen MR) is 50.9 cm³/mol. The summed E-state index contributed by atoms with van der Waals surface area (Å²) >= 11 is 0. The normalized spacial score (nSPS) is 19.5. The van der Waals surface area contributed by atoms with E-state index in [-0.39, 0.29) is 6.04 Å². The SMILES string of the molecule is NC(CC1CCC1)c1ccnnc1. The van der Waals surface area contributed by atoms with E-state index in [4.69, 9.17) is 5.73 Å². The highest BCUT2D eigenvalue weighted by atomic mass is 15.1. The fourth-order valence-electron chi connectivity index (χ4n) is 1.74. The summed E-state index contributed by atoms with van der Waals surface area (Å²) in [5.74, 6) is 0.850. The van der Waals surface area contributed by atoms with Gasteiger partial charge in [0.1, 0.15) is 0 Å². The molecule has 1 fully saturated rings. The molecule has 1 unspecified atom stereocenters. The zero-order valence-corrected chi connectivity index (χ0v) is 7.69. The van der Waals surface area contributed by atoms with Crippen molar-refractivity contribution in [3.8, 4) is 0 Å². The summed E-state index contributed by atoms with van der Waals surface area (Å²) in [6.45, 7) is 0. The highest BCUT2D eigenvalue weighted by Crippen LogP contribution is 2.33. The van der Waals surface area contributed by atoms with Gasteiger partial charge in [-0.25, -0.2) is 0 Å². The summed E-state index contributed by atoms with van der Waals surface area (Å²) in [4.78, 5) is 0. The molecule has 0 amide bonds. The van der Waals surface area contributed by atoms with Crippen molar-refractivity contribution in [1.82, 2.24) is 10.2 Å². The third-order valence-corrected chi connectivity index (χ3v) is 2.85. The average molecular weight is 177 g/mol. The van der Waals surface area contributed by atoms with Crippen molar-refractivity contribution in [2.45, 2.75) is 31.7 Å². The van der Waals surface area contributed by atoms with E-state index in [2.05, 4.69) is 10.2 Å². The van der Waals surface area contributed by atoms with Crippen molar-refractivity contribution < 1.29 is 0 Å². The first-order valence-electron chi connectivity index (χ1n) is 4.88. The molecule has 0 radical (unpaired) electrons. The van der Waals surface area contributed by atoms with Crippen LogP contribution in [0.1, 0.15) is 37.3 Å². The Morgan fingerprint density at radius 2 is 2.31 bits per heavy atom. The maximum atomic E-state index is 6.04. The molecule has 2 N–H and O–H groups in total. The Balaban J connectivity index is 1.92. The van der Waals surface area contributed by atoms with Crippen LogP contribution in [0.25, 0.3) is 0 Å². The Labute approximate surface area is 78.4 Å². The number of rotatable bonds is 3. The predicted octanol–water partition coefficient (Wildman–Crippen LogP) is 1.67. The van der Waals surface area contributed by atoms with Crippen LogP contribution in [0.4, 0.5) is 0 Å². The molecule has 1 heterocycles. The lowest BCUT2D eigenvalue weighted by Crippen LogP contribution is -2.20. The van der Waals surface area contributed by atoms with E-state index < -0.39 is 0 Å². The number of nitrogens with two attached hydrogens (primary N) is 1. The minimum absolute atomic E-state index is 0.154. The van der Waals surface area contributed by atoms with E-state index in [0.29, 0.717) is 0 Å². The fraction of sp³-hybridized carbons (Fsp3) is 0.600. The van der Waals surface area contributed by atoms with Gasteiger partial charge in [-0.2, -0.15) is 10.2 Å². The molecule has 0 saturated heterocycles. The second-order valence-corrected chi connectivity index (χ2v) is 3.81. The van der Waals surface area contributed by atoms with Gasteiger partial charge in [0, 0.05) is 12.2 Å². The average Bonchev–Trinajstić information content (AvgIpc) is 2.12. The van der Waals surface area contributed by atoms with Crippen molar-refractivity contribution in [2.24, 2.45) is 11.7 Å². The van der Waals surface area contributed by atoms with Gasteiger partial charge in [-0.3, -0.25) is 0 Å². The minimum atomic E-state index is 0.154. The van der Waals surface area contributed by atoms with Gasteiger partial charge in [-0.15, -0.1) is 0 Å². The van der Waals surface area contributed by atoms with E-state index >= 15 is 0 Å². The van der Waals surface area contributed by atoms with Gasteiger partial charge in [0.05, 0.1) is 6.20 Å². The highest BCUT2D eigenvalue weighted by Gasteiger charge is 2.20. The lowest BCUT2D eigenvalue weighted by molar-refractivity contribution is 0.277. The van der Waals surface area contributed by atoms with Crippen LogP contribution in [0, 0.1) is 5.92 Å². The van der Waals surface area contributed by atoms with Crippen molar-refractivity contribution >= 4 is 0 Å². The van der Waals surface area contributed by atoms with E-state index in [1.165, 1.54) is 19.3 Å². The second-order valence-electron chi connectivity index (χ2n) is 3.81. The molecule has 1 aliphatic carbocycles. The lowest BCUT2D eigenvalue weighted by atomic mass is 9.80. The summed E-state index contributed by atoms with van der Waals surface area (Å²) in [6, 6.07) is 2.11. The lowest BCUT2D eigenvalue weighted by Gasteiger charge is -2.27. The minimum Gasteiger partial charge on any atom is -0.324 e. The molecule has 70 valence electrons. The Hall–Kier alpha value is -0.960. The first-order valence-corrected chi connectivity index (χ1v) is 4.88. The molecular weight excluding hydrogens is 162 g/mol. The van der Waals surface area contributed by atoms with E-state index in [9.17, 15) is 0 Å². The number of aromatic nitrogens is 2. The molecular formula is C10H15N3. The van der Waals surface area contributed by atoms with Gasteiger partial charge in [0.2, 0.25) is 0 Å². The van der Waals surface area contributed by atoms with Crippen LogP contribution in [0.15, 0.2) is 18.5 Å². The second kappa shape index (κ2) is 3.83. The van der Waals surface area contributed by atoms with Gasteiger partial charge >= 0.3 is 0 Å². The molecule has 0 aromatic carbocycles. The zero-order valence-electron chi connectivity index (χ0n) is 7.69. The summed E-state index contributed by atoms with van der Waals surface area (Å²) in [6.07, 6.45) is 8.66. The summed E-state index contributed by atoms with van der Waals surface area (Å²) in [7, 11) is 0. The highest BCUT2D eigenvalue weighted by molar-refractivity contribution is 5.10. The first-order chi connectivity index (χ1) is 6.36. The van der Waals surface area contributed by atoms with E-state index in [1.54, 1.807) is 12.4 Å². The molecule has 0 spiro atoms. The maximum Gasteiger partial charge on any atom is 0.0543 e. The Bertz CT molecular complexity index is 256. The molecule has 1 aromatic heterocycles. The molecule has 2 rings (SSSR count). The third kappa shape index (κ3) is 2.04. The fourth-order valence-corrected chi connectivity index (χ4v) is 1.74. The van der Waals surface area contributed by atoms with Gasteiger partial charge in [0.25, 0.3) is 0 Å². The van der Waals surface area contributed by atoms with Crippen LogP contribution in [0.5, 0.6) is 0 Å². The molecule has 0 aliphatic heterocycles. The number of nitrogens with zero attached hydrogens (tertiary/aromatic N) is 2. The summed E-state index contributed by atoms with van der Waals surface area (Å²) in [5, 5.41) is 7.56.